The molecule has 1 saturated heterocycles. The lowest BCUT2D eigenvalue weighted by molar-refractivity contribution is 0.0601. The number of anilines is 1. The highest BCUT2D eigenvalue weighted by molar-refractivity contribution is 7.90. The molecule has 1 aromatic rings. The molecule has 0 radical (unpaired) electrons. The lowest BCUT2D eigenvalue weighted by Gasteiger charge is -2.20. The van der Waals surface area contributed by atoms with Crippen molar-refractivity contribution in [2.24, 2.45) is 0 Å². The normalized spacial score (nSPS) is 17.0. The maximum absolute atomic E-state index is 12.3. The molecule has 21 heavy (non-hydrogen) atoms. The average Bonchev–Trinajstić information content (AvgIpc) is 2.76. The highest BCUT2D eigenvalue weighted by Gasteiger charge is 2.22. The van der Waals surface area contributed by atoms with Gasteiger partial charge in [0.1, 0.15) is 0 Å². The Balaban J connectivity index is 2.07. The molecule has 0 spiro atoms. The second kappa shape index (κ2) is 6.91. The van der Waals surface area contributed by atoms with Gasteiger partial charge in [-0.15, -0.1) is 0 Å². The Labute approximate surface area is 125 Å². The Morgan fingerprint density at radius 1 is 1.10 bits per heavy atom. The largest absolute Gasteiger partial charge is 0.465 e. The topological polar surface area (TPSA) is 75.7 Å². The Bertz CT molecular complexity index is 575. The minimum absolute atomic E-state index is 0.384. The Morgan fingerprint density at radius 2 is 1.67 bits per heavy atom. The van der Waals surface area contributed by atoms with Gasteiger partial charge in [0.2, 0.25) is 0 Å². The molecule has 116 valence electrons. The van der Waals surface area contributed by atoms with E-state index >= 15 is 0 Å². The fraction of sp³-hybridized carbons (Fsp3) is 0.500. The standard InChI is InChI=1S/C14H20N2O4S/c1-20-14(17)12-6-8-13(9-7-12)15-21(18,19)16-10-4-2-3-5-11-16/h6-9,15H,2-5,10-11H2,1H3. The first-order valence-corrected chi connectivity index (χ1v) is 8.43. The van der Waals surface area contributed by atoms with Crippen LogP contribution in [0.5, 0.6) is 0 Å². The monoisotopic (exact) mass is 312 g/mol. The van der Waals surface area contributed by atoms with Crippen LogP contribution in [-0.4, -0.2) is 38.9 Å². The van der Waals surface area contributed by atoms with Crippen molar-refractivity contribution in [2.45, 2.75) is 25.7 Å². The van der Waals surface area contributed by atoms with Crippen molar-refractivity contribution in [1.29, 1.82) is 0 Å². The molecule has 0 atom stereocenters. The first-order chi connectivity index (χ1) is 10.0. The molecule has 6 nitrogen and oxygen atoms in total. The molecule has 0 unspecified atom stereocenters. The van der Waals surface area contributed by atoms with E-state index in [2.05, 4.69) is 9.46 Å². The summed E-state index contributed by atoms with van der Waals surface area (Å²) in [4.78, 5) is 11.3. The number of nitrogens with one attached hydrogen (secondary N) is 1. The minimum Gasteiger partial charge on any atom is -0.465 e. The summed E-state index contributed by atoms with van der Waals surface area (Å²) in [5, 5.41) is 0. The zero-order chi connectivity index (χ0) is 15.3. The van der Waals surface area contributed by atoms with Crippen molar-refractivity contribution in [3.05, 3.63) is 29.8 Å². The van der Waals surface area contributed by atoms with Gasteiger partial charge in [-0.1, -0.05) is 12.8 Å². The summed E-state index contributed by atoms with van der Waals surface area (Å²) in [6, 6.07) is 6.18. The van der Waals surface area contributed by atoms with Crippen molar-refractivity contribution in [3.8, 4) is 0 Å². The van der Waals surface area contributed by atoms with Crippen molar-refractivity contribution in [2.75, 3.05) is 24.9 Å². The lowest BCUT2D eigenvalue weighted by Crippen LogP contribution is -2.36. The van der Waals surface area contributed by atoms with Crippen LogP contribution in [0, 0.1) is 0 Å². The Morgan fingerprint density at radius 3 is 2.19 bits per heavy atom. The molecule has 0 amide bonds. The van der Waals surface area contributed by atoms with E-state index < -0.39 is 16.2 Å². The van der Waals surface area contributed by atoms with Gasteiger partial charge in [-0.2, -0.15) is 12.7 Å². The zero-order valence-corrected chi connectivity index (χ0v) is 12.9. The molecule has 7 heteroatoms. The molecule has 1 heterocycles. The highest BCUT2D eigenvalue weighted by atomic mass is 32.2. The van der Waals surface area contributed by atoms with Crippen molar-refractivity contribution in [3.63, 3.8) is 0 Å². The molecule has 0 aromatic heterocycles. The number of rotatable bonds is 4. The van der Waals surface area contributed by atoms with Gasteiger partial charge in [0.05, 0.1) is 12.7 Å². The van der Waals surface area contributed by atoms with E-state index in [0.717, 1.165) is 25.7 Å². The number of esters is 1. The van der Waals surface area contributed by atoms with E-state index in [1.807, 2.05) is 0 Å². The molecule has 2 rings (SSSR count). The van der Waals surface area contributed by atoms with Gasteiger partial charge in [-0.05, 0) is 37.1 Å². The van der Waals surface area contributed by atoms with Gasteiger partial charge in [0, 0.05) is 18.8 Å². The summed E-state index contributed by atoms with van der Waals surface area (Å²) in [7, 11) is -2.23. The van der Waals surface area contributed by atoms with E-state index in [4.69, 9.17) is 0 Å². The molecule has 0 bridgehead atoms. The van der Waals surface area contributed by atoms with Crippen molar-refractivity contribution < 1.29 is 17.9 Å². The molecule has 1 aromatic carbocycles. The smallest absolute Gasteiger partial charge is 0.337 e. The summed E-state index contributed by atoms with van der Waals surface area (Å²) in [5.41, 5.74) is 0.821. The van der Waals surface area contributed by atoms with E-state index in [-0.39, 0.29) is 0 Å². The van der Waals surface area contributed by atoms with Crippen LogP contribution in [0.3, 0.4) is 0 Å². The van der Waals surface area contributed by atoms with Gasteiger partial charge >= 0.3 is 16.2 Å². The Hall–Kier alpha value is -1.60. The van der Waals surface area contributed by atoms with Crippen LogP contribution in [0.4, 0.5) is 5.69 Å². The number of methoxy groups -OCH3 is 1. The van der Waals surface area contributed by atoms with Gasteiger partial charge in [0.15, 0.2) is 0 Å². The molecular formula is C14H20N2O4S. The van der Waals surface area contributed by atoms with E-state index in [1.165, 1.54) is 23.5 Å². The van der Waals surface area contributed by atoms with Crippen LogP contribution in [0.2, 0.25) is 0 Å². The molecule has 0 saturated carbocycles. The molecule has 0 aliphatic carbocycles. The average molecular weight is 312 g/mol. The predicted octanol–water partition coefficient (Wildman–Crippen LogP) is 2.01. The number of carbonyl (C=O) groups excluding carboxylic acids is 1. The summed E-state index contributed by atoms with van der Waals surface area (Å²) >= 11 is 0. The summed E-state index contributed by atoms with van der Waals surface area (Å²) in [6.45, 7) is 1.10. The number of ether oxygens (including phenoxy) is 1. The first kappa shape index (κ1) is 15.8. The van der Waals surface area contributed by atoms with Gasteiger partial charge in [0.25, 0.3) is 0 Å². The second-order valence-corrected chi connectivity index (χ2v) is 6.66. The van der Waals surface area contributed by atoms with Gasteiger partial charge < -0.3 is 4.74 Å². The number of carbonyl (C=O) groups is 1. The van der Waals surface area contributed by atoms with Crippen molar-refractivity contribution in [1.82, 2.24) is 4.31 Å². The van der Waals surface area contributed by atoms with Crippen LogP contribution in [0.1, 0.15) is 36.0 Å². The maximum atomic E-state index is 12.3. The third-order valence-electron chi connectivity index (χ3n) is 3.46. The van der Waals surface area contributed by atoms with Gasteiger partial charge in [-0.25, -0.2) is 4.79 Å². The van der Waals surface area contributed by atoms with Crippen LogP contribution in [0.25, 0.3) is 0 Å². The minimum atomic E-state index is -3.53. The molecule has 1 fully saturated rings. The third-order valence-corrected chi connectivity index (χ3v) is 5.00. The van der Waals surface area contributed by atoms with Crippen LogP contribution < -0.4 is 4.72 Å². The fourth-order valence-corrected chi connectivity index (χ4v) is 3.59. The maximum Gasteiger partial charge on any atom is 0.337 e. The zero-order valence-electron chi connectivity index (χ0n) is 12.0. The van der Waals surface area contributed by atoms with E-state index in [0.29, 0.717) is 24.3 Å². The fourth-order valence-electron chi connectivity index (χ4n) is 2.29. The number of hydrogen-bond acceptors (Lipinski definition) is 4. The molecule has 1 aliphatic heterocycles. The molecular weight excluding hydrogens is 292 g/mol. The van der Waals surface area contributed by atoms with E-state index in [1.54, 1.807) is 12.1 Å². The Kier molecular flexibility index (Phi) is 5.19. The lowest BCUT2D eigenvalue weighted by atomic mass is 10.2. The molecule has 1 N–H and O–H groups in total. The van der Waals surface area contributed by atoms with Gasteiger partial charge in [-0.3, -0.25) is 4.72 Å². The third kappa shape index (κ3) is 4.18. The van der Waals surface area contributed by atoms with Crippen LogP contribution >= 0.6 is 0 Å². The quantitative estimate of drug-likeness (QED) is 0.863. The number of hydrogen-bond donors (Lipinski definition) is 1. The molecule has 1 aliphatic rings. The number of benzene rings is 1. The SMILES string of the molecule is COC(=O)c1ccc(NS(=O)(=O)N2CCCCCC2)cc1. The van der Waals surface area contributed by atoms with Crippen LogP contribution in [-0.2, 0) is 14.9 Å². The van der Waals surface area contributed by atoms with Crippen molar-refractivity contribution >= 4 is 21.9 Å². The first-order valence-electron chi connectivity index (χ1n) is 6.99. The predicted molar refractivity (Wildman–Crippen MR) is 80.4 cm³/mol. The summed E-state index contributed by atoms with van der Waals surface area (Å²) in [6.07, 6.45) is 3.92. The summed E-state index contributed by atoms with van der Waals surface area (Å²) in [5.74, 6) is -0.447. The number of nitrogens with zero attached hydrogens (tertiary/aromatic N) is 1. The summed E-state index contributed by atoms with van der Waals surface area (Å²) < 4.78 is 33.2. The van der Waals surface area contributed by atoms with Crippen LogP contribution in [0.15, 0.2) is 24.3 Å². The second-order valence-electron chi connectivity index (χ2n) is 4.99. The van der Waals surface area contributed by atoms with E-state index in [9.17, 15) is 13.2 Å². The highest BCUT2D eigenvalue weighted by Crippen LogP contribution is 2.17.